The van der Waals surface area contributed by atoms with E-state index in [-0.39, 0.29) is 30.1 Å². The Kier molecular flexibility index (Phi) is 5.71. The van der Waals surface area contributed by atoms with Gasteiger partial charge in [-0.3, -0.25) is 9.20 Å². The third-order valence-electron chi connectivity index (χ3n) is 6.53. The van der Waals surface area contributed by atoms with Gasteiger partial charge in [0, 0.05) is 43.9 Å². The predicted molar refractivity (Wildman–Crippen MR) is 126 cm³/mol. The van der Waals surface area contributed by atoms with E-state index in [1.165, 1.54) is 17.0 Å². The normalized spacial score (nSPS) is 17.0. The van der Waals surface area contributed by atoms with Gasteiger partial charge in [-0.1, -0.05) is 11.6 Å². The number of rotatable bonds is 4. The molecular formula is C22H22ClF3N8O2. The van der Waals surface area contributed by atoms with Gasteiger partial charge in [-0.2, -0.15) is 13.2 Å². The summed E-state index contributed by atoms with van der Waals surface area (Å²) >= 11 is 6.48. The molecule has 10 nitrogen and oxygen atoms in total. The van der Waals surface area contributed by atoms with Crippen molar-refractivity contribution in [2.75, 3.05) is 23.7 Å². The Bertz CT molecular complexity index is 1460. The molecule has 0 saturated carbocycles. The van der Waals surface area contributed by atoms with Crippen LogP contribution in [0, 0.1) is 0 Å². The van der Waals surface area contributed by atoms with E-state index < -0.39 is 36.6 Å². The van der Waals surface area contributed by atoms with Gasteiger partial charge < -0.3 is 21.1 Å². The number of hydrogen-bond acceptors (Lipinski definition) is 7. The number of alkyl halides is 3. The van der Waals surface area contributed by atoms with E-state index in [1.807, 2.05) is 0 Å². The fraction of sp³-hybridized carbons (Fsp3) is 0.364. The molecule has 5 heterocycles. The Balaban J connectivity index is 1.50. The minimum absolute atomic E-state index is 0.00387. The average molecular weight is 523 g/mol. The molecule has 4 aromatic rings. The zero-order valence-electron chi connectivity index (χ0n) is 19.0. The molecule has 5 rings (SSSR count). The summed E-state index contributed by atoms with van der Waals surface area (Å²) in [6, 6.07) is 2.66. The van der Waals surface area contributed by atoms with Crippen LogP contribution < -0.4 is 16.0 Å². The number of carbonyl (C=O) groups is 1. The number of nitrogens with two attached hydrogens (primary N) is 1. The number of nitrogen functional groups attached to an aromatic ring is 1. The number of imidazole rings is 1. The summed E-state index contributed by atoms with van der Waals surface area (Å²) in [5.41, 5.74) is 4.72. The summed E-state index contributed by atoms with van der Waals surface area (Å²) in [6.45, 7) is 1.59. The van der Waals surface area contributed by atoms with E-state index in [0.717, 1.165) is 0 Å². The first-order valence-corrected chi connectivity index (χ1v) is 11.5. The van der Waals surface area contributed by atoms with Crippen LogP contribution in [0.25, 0.3) is 11.2 Å². The number of amides is 1. The lowest BCUT2D eigenvalue weighted by atomic mass is 9.90. The summed E-state index contributed by atoms with van der Waals surface area (Å²) < 4.78 is 43.2. The van der Waals surface area contributed by atoms with Crippen molar-refractivity contribution in [3.63, 3.8) is 0 Å². The molecule has 4 N–H and O–H groups in total. The molecule has 4 aromatic heterocycles. The van der Waals surface area contributed by atoms with Crippen LogP contribution in [0.2, 0.25) is 5.02 Å². The molecule has 14 heteroatoms. The van der Waals surface area contributed by atoms with Crippen molar-refractivity contribution in [3.05, 3.63) is 53.2 Å². The Hall–Kier alpha value is -3.58. The van der Waals surface area contributed by atoms with E-state index in [2.05, 4.69) is 20.4 Å². The molecule has 1 saturated heterocycles. The van der Waals surface area contributed by atoms with Gasteiger partial charge in [0.1, 0.15) is 17.7 Å². The Morgan fingerprint density at radius 3 is 2.75 bits per heavy atom. The van der Waals surface area contributed by atoms with Crippen molar-refractivity contribution in [1.29, 1.82) is 0 Å². The highest BCUT2D eigenvalue weighted by Gasteiger charge is 2.54. The maximum atomic E-state index is 13.4. The van der Waals surface area contributed by atoms with E-state index in [0.29, 0.717) is 21.9 Å². The van der Waals surface area contributed by atoms with Crippen LogP contribution in [0.1, 0.15) is 41.7 Å². The summed E-state index contributed by atoms with van der Waals surface area (Å²) in [5.74, 6) is 0.00524. The number of aliphatic hydroxyl groups is 1. The van der Waals surface area contributed by atoms with Crippen molar-refractivity contribution in [2.24, 2.45) is 0 Å². The summed E-state index contributed by atoms with van der Waals surface area (Å²) in [4.78, 5) is 23.2. The predicted octanol–water partition coefficient (Wildman–Crippen LogP) is 3.00. The monoisotopic (exact) mass is 522 g/mol. The van der Waals surface area contributed by atoms with Gasteiger partial charge >= 0.3 is 6.18 Å². The second kappa shape index (κ2) is 8.52. The molecule has 1 unspecified atom stereocenters. The molecule has 1 aliphatic rings. The molecular weight excluding hydrogens is 501 g/mol. The van der Waals surface area contributed by atoms with Crippen LogP contribution in [-0.4, -0.2) is 59.9 Å². The summed E-state index contributed by atoms with van der Waals surface area (Å²) in [5, 5.41) is 17.5. The highest BCUT2D eigenvalue weighted by atomic mass is 35.5. The number of halogens is 4. The number of hydrogen-bond donors (Lipinski definition) is 3. The van der Waals surface area contributed by atoms with Crippen molar-refractivity contribution in [1.82, 2.24) is 29.3 Å². The van der Waals surface area contributed by atoms with Crippen molar-refractivity contribution in [2.45, 2.75) is 37.6 Å². The van der Waals surface area contributed by atoms with Gasteiger partial charge in [-0.25, -0.2) is 14.5 Å². The number of aromatic nitrogens is 5. The number of nitrogens with one attached hydrogen (secondary N) is 1. The Labute approximate surface area is 207 Å². The lowest BCUT2D eigenvalue weighted by Gasteiger charge is -2.41. The van der Waals surface area contributed by atoms with Gasteiger partial charge in [0.2, 0.25) is 0 Å². The van der Waals surface area contributed by atoms with Crippen LogP contribution in [0.4, 0.5) is 24.8 Å². The standard InChI is InChI=1S/C22H22ClF3N8O2/c1-12(30-19(35)16-17(27)31-34-6-2-5-29-18(16)34)13-9-14(23)15-10-28-11-33(15)20(13)32-7-3-21(36,4-8-32)22(24,25)26/h2,5-6,9-12,36H,3-4,7-8H2,1H3,(H2,27,31)(H,30,35). The highest BCUT2D eigenvalue weighted by molar-refractivity contribution is 6.34. The second-order valence-electron chi connectivity index (χ2n) is 8.78. The molecule has 1 fully saturated rings. The van der Waals surface area contributed by atoms with E-state index >= 15 is 0 Å². The van der Waals surface area contributed by atoms with Crippen LogP contribution in [0.5, 0.6) is 0 Å². The van der Waals surface area contributed by atoms with Gasteiger partial charge in [0.05, 0.1) is 22.8 Å². The minimum Gasteiger partial charge on any atom is -0.381 e. The molecule has 0 spiro atoms. The lowest BCUT2D eigenvalue weighted by molar-refractivity contribution is -0.266. The van der Waals surface area contributed by atoms with Crippen molar-refractivity contribution < 1.29 is 23.1 Å². The number of anilines is 2. The van der Waals surface area contributed by atoms with Crippen molar-refractivity contribution >= 4 is 40.3 Å². The molecule has 1 atom stereocenters. The molecule has 190 valence electrons. The fourth-order valence-electron chi connectivity index (χ4n) is 4.55. The van der Waals surface area contributed by atoms with Gasteiger partial charge in [-0.05, 0) is 19.1 Å². The maximum Gasteiger partial charge on any atom is 0.417 e. The fourth-order valence-corrected chi connectivity index (χ4v) is 4.81. The number of pyridine rings is 1. The number of nitrogens with zero attached hydrogens (tertiary/aromatic N) is 6. The number of fused-ring (bicyclic) bond motifs is 2. The first-order valence-electron chi connectivity index (χ1n) is 11.1. The number of carbonyl (C=O) groups excluding carboxylic acids is 1. The van der Waals surface area contributed by atoms with E-state index in [1.54, 1.807) is 40.8 Å². The van der Waals surface area contributed by atoms with Gasteiger partial charge in [0.25, 0.3) is 5.91 Å². The van der Waals surface area contributed by atoms with Gasteiger partial charge in [0.15, 0.2) is 17.1 Å². The minimum atomic E-state index is -4.73. The molecule has 0 bridgehead atoms. The van der Waals surface area contributed by atoms with Crippen LogP contribution in [0.3, 0.4) is 0 Å². The topological polar surface area (TPSA) is 126 Å². The van der Waals surface area contributed by atoms with Crippen molar-refractivity contribution in [3.8, 4) is 0 Å². The third kappa shape index (κ3) is 3.88. The lowest BCUT2D eigenvalue weighted by Crippen LogP contribution is -2.53. The Morgan fingerprint density at radius 1 is 1.33 bits per heavy atom. The third-order valence-corrected chi connectivity index (χ3v) is 6.84. The SMILES string of the molecule is CC(NC(=O)c1c(N)nn2cccnc12)c1cc(Cl)c2cncn2c1N1CCC(O)(C(F)(F)F)CC1. The largest absolute Gasteiger partial charge is 0.417 e. The first kappa shape index (κ1) is 24.1. The summed E-state index contributed by atoms with van der Waals surface area (Å²) in [7, 11) is 0. The molecule has 0 aromatic carbocycles. The van der Waals surface area contributed by atoms with E-state index in [9.17, 15) is 23.1 Å². The first-order chi connectivity index (χ1) is 17.0. The smallest absolute Gasteiger partial charge is 0.381 e. The molecule has 1 amide bonds. The highest BCUT2D eigenvalue weighted by Crippen LogP contribution is 2.41. The molecule has 1 aliphatic heterocycles. The molecule has 0 radical (unpaired) electrons. The Morgan fingerprint density at radius 2 is 2.06 bits per heavy atom. The number of piperidine rings is 1. The second-order valence-corrected chi connectivity index (χ2v) is 9.19. The molecule has 36 heavy (non-hydrogen) atoms. The molecule has 0 aliphatic carbocycles. The quantitative estimate of drug-likeness (QED) is 0.376. The van der Waals surface area contributed by atoms with E-state index in [4.69, 9.17) is 17.3 Å². The van der Waals surface area contributed by atoms with Crippen LogP contribution >= 0.6 is 11.6 Å². The average Bonchev–Trinajstić information content (AvgIpc) is 3.43. The maximum absolute atomic E-state index is 13.4. The zero-order chi connectivity index (χ0) is 25.8. The summed E-state index contributed by atoms with van der Waals surface area (Å²) in [6.07, 6.45) is 0.449. The van der Waals surface area contributed by atoms with Crippen LogP contribution in [-0.2, 0) is 0 Å². The van der Waals surface area contributed by atoms with Crippen LogP contribution in [0.15, 0.2) is 37.1 Å². The zero-order valence-corrected chi connectivity index (χ0v) is 19.8. The van der Waals surface area contributed by atoms with Gasteiger partial charge in [-0.15, -0.1) is 5.10 Å².